The van der Waals surface area contributed by atoms with Gasteiger partial charge in [-0.05, 0) is 36.5 Å². The molecule has 0 aliphatic heterocycles. The van der Waals surface area contributed by atoms with E-state index in [2.05, 4.69) is 9.69 Å². The average molecular weight is 372 g/mol. The number of anilines is 1. The van der Waals surface area contributed by atoms with Gasteiger partial charge in [-0.25, -0.2) is 4.79 Å². The van der Waals surface area contributed by atoms with E-state index in [-0.39, 0.29) is 30.4 Å². The van der Waals surface area contributed by atoms with Crippen molar-refractivity contribution in [3.63, 3.8) is 0 Å². The number of aryl methyl sites for hydroxylation is 1. The molecule has 2 heterocycles. The van der Waals surface area contributed by atoms with Crippen LogP contribution in [0.25, 0.3) is 11.0 Å². The second-order valence-corrected chi connectivity index (χ2v) is 7.27. The maximum atomic E-state index is 12.8. The first-order valence-corrected chi connectivity index (χ1v) is 9.14. The molecule has 1 N–H and O–H groups in total. The van der Waals surface area contributed by atoms with Crippen molar-refractivity contribution in [1.29, 1.82) is 0 Å². The van der Waals surface area contributed by atoms with E-state index in [4.69, 9.17) is 0 Å². The van der Waals surface area contributed by atoms with Crippen LogP contribution >= 0.6 is 11.5 Å². The number of rotatable bonds is 5. The molecule has 1 amide bonds. The fraction of sp³-hybridized carbons (Fsp3) is 0.333. The largest absolute Gasteiger partial charge is 0.332 e. The Labute approximate surface area is 154 Å². The van der Waals surface area contributed by atoms with Gasteiger partial charge in [0.05, 0.1) is 5.52 Å². The van der Waals surface area contributed by atoms with Crippen molar-refractivity contribution >= 4 is 34.2 Å². The van der Waals surface area contributed by atoms with Gasteiger partial charge in [0.1, 0.15) is 6.54 Å². The summed E-state index contributed by atoms with van der Waals surface area (Å²) in [6, 6.07) is 7.39. The number of amides is 1. The molecule has 3 rings (SSSR count). The molecule has 0 fully saturated rings. The molecule has 136 valence electrons. The molecule has 0 spiro atoms. The van der Waals surface area contributed by atoms with E-state index in [1.807, 2.05) is 32.9 Å². The summed E-state index contributed by atoms with van der Waals surface area (Å²) < 4.78 is 6.58. The van der Waals surface area contributed by atoms with Gasteiger partial charge >= 0.3 is 5.69 Å². The lowest BCUT2D eigenvalue weighted by atomic mass is 10.2. The minimum Gasteiger partial charge on any atom is -0.325 e. The van der Waals surface area contributed by atoms with Crippen molar-refractivity contribution in [2.24, 2.45) is 5.92 Å². The summed E-state index contributed by atoms with van der Waals surface area (Å²) in [5.41, 5.74) is 1.46. The number of nitrogens with zero attached hydrogens (tertiary/aromatic N) is 3. The fourth-order valence-electron chi connectivity index (χ4n) is 2.70. The van der Waals surface area contributed by atoms with E-state index in [9.17, 15) is 14.4 Å². The Kier molecular flexibility index (Phi) is 5.03. The first-order valence-electron chi connectivity index (χ1n) is 8.31. The molecule has 0 bridgehead atoms. The number of carbonyl (C=O) groups excluding carboxylic acids is 1. The molecule has 0 saturated heterocycles. The van der Waals surface area contributed by atoms with E-state index in [0.717, 1.165) is 21.7 Å². The second kappa shape index (κ2) is 7.25. The zero-order chi connectivity index (χ0) is 18.8. The van der Waals surface area contributed by atoms with Crippen molar-refractivity contribution in [1.82, 2.24) is 13.5 Å². The molecule has 2 aromatic heterocycles. The van der Waals surface area contributed by atoms with E-state index >= 15 is 0 Å². The van der Waals surface area contributed by atoms with Gasteiger partial charge in [0.2, 0.25) is 5.91 Å². The van der Waals surface area contributed by atoms with Gasteiger partial charge in [-0.3, -0.25) is 18.7 Å². The third-order valence-corrected chi connectivity index (χ3v) is 4.55. The van der Waals surface area contributed by atoms with Crippen molar-refractivity contribution in [2.75, 3.05) is 5.32 Å². The SMILES string of the molecule is Cc1ccc(NC(=O)Cn2c(=O)n(CC(C)C)c(=O)c3nscc32)cc1. The molecule has 26 heavy (non-hydrogen) atoms. The number of benzene rings is 1. The molecule has 0 aliphatic rings. The van der Waals surface area contributed by atoms with Crippen LogP contribution in [0.5, 0.6) is 0 Å². The maximum Gasteiger partial charge on any atom is 0.332 e. The highest BCUT2D eigenvalue weighted by Crippen LogP contribution is 2.12. The standard InChI is InChI=1S/C18H20N4O3S/c1-11(2)8-22-17(24)16-14(10-26-20-16)21(18(22)25)9-15(23)19-13-6-4-12(3)5-7-13/h4-7,10-11H,8-9H2,1-3H3,(H,19,23). The Hall–Kier alpha value is -2.74. The molecule has 0 atom stereocenters. The average Bonchev–Trinajstić information content (AvgIpc) is 3.07. The van der Waals surface area contributed by atoms with Crippen LogP contribution in [0.4, 0.5) is 5.69 Å². The molecule has 0 unspecified atom stereocenters. The van der Waals surface area contributed by atoms with Crippen LogP contribution in [0, 0.1) is 12.8 Å². The molecular weight excluding hydrogens is 352 g/mol. The van der Waals surface area contributed by atoms with Crippen LogP contribution in [0.2, 0.25) is 0 Å². The maximum absolute atomic E-state index is 12.8. The number of fused-ring (bicyclic) bond motifs is 1. The Morgan fingerprint density at radius 2 is 1.88 bits per heavy atom. The highest BCUT2D eigenvalue weighted by molar-refractivity contribution is 7.04. The Morgan fingerprint density at radius 3 is 2.54 bits per heavy atom. The molecule has 3 aromatic rings. The van der Waals surface area contributed by atoms with Gasteiger partial charge in [0.15, 0.2) is 5.52 Å². The lowest BCUT2D eigenvalue weighted by Crippen LogP contribution is -2.42. The van der Waals surface area contributed by atoms with E-state index < -0.39 is 11.2 Å². The number of carbonyl (C=O) groups is 1. The fourth-order valence-corrected chi connectivity index (χ4v) is 3.36. The quantitative estimate of drug-likeness (QED) is 0.744. The van der Waals surface area contributed by atoms with Gasteiger partial charge < -0.3 is 5.32 Å². The second-order valence-electron chi connectivity index (χ2n) is 6.64. The molecule has 7 nitrogen and oxygen atoms in total. The number of nitrogens with one attached hydrogen (secondary N) is 1. The Morgan fingerprint density at radius 1 is 1.19 bits per heavy atom. The monoisotopic (exact) mass is 372 g/mol. The minimum absolute atomic E-state index is 0.117. The first-order chi connectivity index (χ1) is 12.4. The van der Waals surface area contributed by atoms with Crippen LogP contribution in [-0.4, -0.2) is 19.4 Å². The van der Waals surface area contributed by atoms with Crippen molar-refractivity contribution in [3.05, 3.63) is 56.0 Å². The summed E-state index contributed by atoms with van der Waals surface area (Å²) in [6.07, 6.45) is 0. The lowest BCUT2D eigenvalue weighted by Gasteiger charge is -2.13. The van der Waals surface area contributed by atoms with Crippen molar-refractivity contribution in [3.8, 4) is 0 Å². The van der Waals surface area contributed by atoms with Crippen LogP contribution in [0.1, 0.15) is 19.4 Å². The summed E-state index contributed by atoms with van der Waals surface area (Å²) in [5.74, 6) is -0.218. The number of aromatic nitrogens is 3. The molecule has 0 saturated carbocycles. The third kappa shape index (κ3) is 3.60. The van der Waals surface area contributed by atoms with Crippen LogP contribution in [0.15, 0.2) is 39.2 Å². The first kappa shape index (κ1) is 18.1. The van der Waals surface area contributed by atoms with Crippen molar-refractivity contribution < 1.29 is 4.79 Å². The Balaban J connectivity index is 1.97. The predicted octanol–water partition coefficient (Wildman–Crippen LogP) is 2.22. The lowest BCUT2D eigenvalue weighted by molar-refractivity contribution is -0.116. The number of hydrogen-bond donors (Lipinski definition) is 1. The van der Waals surface area contributed by atoms with Gasteiger partial charge in [0, 0.05) is 17.6 Å². The Bertz CT molecular complexity index is 1060. The molecule has 1 aromatic carbocycles. The topological polar surface area (TPSA) is 86.0 Å². The summed E-state index contributed by atoms with van der Waals surface area (Å²) in [7, 11) is 0. The van der Waals surface area contributed by atoms with Crippen LogP contribution in [0.3, 0.4) is 0 Å². The summed E-state index contributed by atoms with van der Waals surface area (Å²) >= 11 is 1.10. The molecule has 0 aliphatic carbocycles. The molecule has 0 radical (unpaired) electrons. The highest BCUT2D eigenvalue weighted by Gasteiger charge is 2.17. The minimum atomic E-state index is -0.490. The summed E-state index contributed by atoms with van der Waals surface area (Å²) in [5, 5.41) is 4.40. The van der Waals surface area contributed by atoms with Gasteiger partial charge in [0.25, 0.3) is 5.56 Å². The highest BCUT2D eigenvalue weighted by atomic mass is 32.1. The zero-order valence-electron chi connectivity index (χ0n) is 14.9. The van der Waals surface area contributed by atoms with Crippen LogP contribution in [-0.2, 0) is 17.9 Å². The van der Waals surface area contributed by atoms with Gasteiger partial charge in [-0.15, -0.1) is 0 Å². The van der Waals surface area contributed by atoms with E-state index in [1.165, 1.54) is 4.57 Å². The zero-order valence-corrected chi connectivity index (χ0v) is 15.7. The number of hydrogen-bond acceptors (Lipinski definition) is 5. The normalized spacial score (nSPS) is 11.2. The summed E-state index contributed by atoms with van der Waals surface area (Å²) in [6.45, 7) is 5.91. The van der Waals surface area contributed by atoms with E-state index in [0.29, 0.717) is 11.2 Å². The summed E-state index contributed by atoms with van der Waals surface area (Å²) in [4.78, 5) is 37.7. The van der Waals surface area contributed by atoms with Gasteiger partial charge in [-0.2, -0.15) is 4.37 Å². The van der Waals surface area contributed by atoms with E-state index in [1.54, 1.807) is 17.5 Å². The molecule has 8 heteroatoms. The smallest absolute Gasteiger partial charge is 0.325 e. The van der Waals surface area contributed by atoms with Crippen molar-refractivity contribution in [2.45, 2.75) is 33.9 Å². The van der Waals surface area contributed by atoms with Crippen LogP contribution < -0.4 is 16.6 Å². The van der Waals surface area contributed by atoms with Gasteiger partial charge in [-0.1, -0.05) is 31.5 Å². The molecular formula is C18H20N4O3S. The predicted molar refractivity (Wildman–Crippen MR) is 103 cm³/mol. The third-order valence-electron chi connectivity index (χ3n) is 3.94.